The van der Waals surface area contributed by atoms with Crippen LogP contribution in [0.4, 0.5) is 0 Å². The molecule has 3 heterocycles. The lowest BCUT2D eigenvalue weighted by Gasteiger charge is -2.73. The van der Waals surface area contributed by atoms with Gasteiger partial charge in [-0.2, -0.15) is 0 Å². The van der Waals surface area contributed by atoms with E-state index in [0.29, 0.717) is 65.0 Å². The second-order valence-corrected chi connectivity index (χ2v) is 24.7. The molecule has 0 aromatic carbocycles. The van der Waals surface area contributed by atoms with Crippen molar-refractivity contribution in [1.82, 2.24) is 19.7 Å². The van der Waals surface area contributed by atoms with E-state index in [0.717, 1.165) is 75.9 Å². The van der Waals surface area contributed by atoms with Crippen LogP contribution in [0.5, 0.6) is 0 Å². The van der Waals surface area contributed by atoms with Crippen molar-refractivity contribution in [2.75, 3.05) is 0 Å². The summed E-state index contributed by atoms with van der Waals surface area (Å²) < 4.78 is 8.69. The van der Waals surface area contributed by atoms with Gasteiger partial charge in [0.2, 0.25) is 5.91 Å². The van der Waals surface area contributed by atoms with Gasteiger partial charge >= 0.3 is 11.9 Å². The highest BCUT2D eigenvalue weighted by atomic mass is 16.5. The number of aryl methyl sites for hydroxylation is 1. The molecule has 2 unspecified atom stereocenters. The van der Waals surface area contributed by atoms with Crippen LogP contribution in [0, 0.1) is 74.4 Å². The zero-order chi connectivity index (χ0) is 42.5. The van der Waals surface area contributed by atoms with Gasteiger partial charge in [-0.15, -0.1) is 10.2 Å². The van der Waals surface area contributed by atoms with Crippen LogP contribution < -0.4 is 0 Å². The summed E-state index contributed by atoms with van der Waals surface area (Å²) in [6.07, 6.45) is 17.8. The van der Waals surface area contributed by atoms with Crippen molar-refractivity contribution in [2.24, 2.45) is 67.5 Å². The molecule has 1 aromatic rings. The fraction of sp³-hybridized carbons (Fsp3) is 0.900. The zero-order valence-corrected chi connectivity index (χ0v) is 38.7. The van der Waals surface area contributed by atoms with Crippen LogP contribution >= 0.6 is 0 Å². The molecule has 8 aliphatic rings. The number of esters is 1. The third-order valence-electron chi connectivity index (χ3n) is 20.9. The van der Waals surface area contributed by atoms with E-state index in [1.807, 2.05) is 0 Å². The summed E-state index contributed by atoms with van der Waals surface area (Å²) >= 11 is 0. The normalized spacial score (nSPS) is 44.3. The number of carboxylic acids is 1. The highest BCUT2D eigenvalue weighted by molar-refractivity contribution is 5.85. The fourth-order valence-corrected chi connectivity index (χ4v) is 17.3. The summed E-state index contributed by atoms with van der Waals surface area (Å²) in [4.78, 5) is 43.4. The number of amides is 1. The van der Waals surface area contributed by atoms with Crippen LogP contribution in [0.25, 0.3) is 0 Å². The van der Waals surface area contributed by atoms with Crippen molar-refractivity contribution in [2.45, 2.75) is 215 Å². The number of fused-ring (bicyclic) bond motifs is 9. The molecule has 2 aliphatic heterocycles. The van der Waals surface area contributed by atoms with Crippen LogP contribution in [-0.2, 0) is 19.1 Å². The summed E-state index contributed by atoms with van der Waals surface area (Å²) in [5.74, 6) is 4.33. The van der Waals surface area contributed by atoms with Crippen LogP contribution in [0.1, 0.15) is 202 Å². The number of carboxylic acid groups (broad SMARTS) is 1. The molecule has 6 saturated carbocycles. The van der Waals surface area contributed by atoms with Gasteiger partial charge in [0.1, 0.15) is 17.8 Å². The van der Waals surface area contributed by atoms with E-state index in [4.69, 9.17) is 4.74 Å². The first-order valence-corrected chi connectivity index (χ1v) is 24.2. The summed E-state index contributed by atoms with van der Waals surface area (Å²) in [7, 11) is 0. The number of carbonyl (C=O) groups is 3. The van der Waals surface area contributed by atoms with Gasteiger partial charge in [-0.1, -0.05) is 55.4 Å². The standard InChI is InChI=1S/C50H78N4O5/c1-29(2)41-52-51-30(3)53(41)33-26-31-12-13-32(27-33)54(31)42(56)50-21-16-34(46(8)22-23-46)40(50)35-14-15-37-47(9)19-18-38(59-39(55)28-44(4,5)43(57)58)45(6,7)36(47)17-20-49(37,11)48(35,10)24-25-50/h29,31-38,40H,12-28H2,1-11H3,(H,57,58)/t31?,32?,33?,34-,35-,36+,37-,38+,40-,47+,48-,49-,50+/m1/s1. The molecule has 9 rings (SSSR count). The Kier molecular flexibility index (Phi) is 9.60. The molecule has 59 heavy (non-hydrogen) atoms. The maximum atomic E-state index is 15.8. The summed E-state index contributed by atoms with van der Waals surface area (Å²) in [5, 5.41) is 18.8. The summed E-state index contributed by atoms with van der Waals surface area (Å²) in [5.41, 5.74) is -0.693. The SMILES string of the molecule is Cc1nnc(C(C)C)n1C1CC2CCC(C1)N2C(=O)[C@]12CC[C@@H](C3(C)CC3)[C@@H]1[C@H]1CC[C@@H]3[C@@]4(C)CC[C@H](OC(=O)CC(C)(C)C(=O)O)C(C)(C)[C@@H]4CC[C@@]3(C)[C@]1(C)CC2. The monoisotopic (exact) mass is 815 g/mol. The molecule has 9 nitrogen and oxygen atoms in total. The number of nitrogens with zero attached hydrogens (tertiary/aromatic N) is 4. The summed E-state index contributed by atoms with van der Waals surface area (Å²) in [6.45, 7) is 25.0. The molecule has 2 saturated heterocycles. The van der Waals surface area contributed by atoms with Gasteiger partial charge in [0, 0.05) is 29.5 Å². The van der Waals surface area contributed by atoms with E-state index in [2.05, 4.69) is 82.0 Å². The smallest absolute Gasteiger partial charge is 0.309 e. The van der Waals surface area contributed by atoms with E-state index in [1.54, 1.807) is 13.8 Å². The van der Waals surface area contributed by atoms with E-state index >= 15 is 4.79 Å². The topological polar surface area (TPSA) is 115 Å². The first-order chi connectivity index (χ1) is 27.5. The lowest BCUT2D eigenvalue weighted by Crippen LogP contribution is -2.68. The van der Waals surface area contributed by atoms with Crippen LogP contribution in [0.15, 0.2) is 0 Å². The molecule has 12 atom stereocenters. The van der Waals surface area contributed by atoms with Gasteiger partial charge < -0.3 is 19.3 Å². The highest BCUT2D eigenvalue weighted by Gasteiger charge is 2.74. The second-order valence-electron chi connectivity index (χ2n) is 24.7. The number of rotatable bonds is 8. The van der Waals surface area contributed by atoms with Gasteiger partial charge in [-0.05, 0) is 175 Å². The van der Waals surface area contributed by atoms with Crippen molar-refractivity contribution in [1.29, 1.82) is 0 Å². The first-order valence-electron chi connectivity index (χ1n) is 24.2. The maximum Gasteiger partial charge on any atom is 0.309 e. The zero-order valence-electron chi connectivity index (χ0n) is 38.7. The number of carbonyl (C=O) groups excluding carboxylic acids is 2. The number of hydrogen-bond donors (Lipinski definition) is 1. The molecular formula is C50H78N4O5. The Morgan fingerprint density at radius 3 is 2.07 bits per heavy atom. The predicted octanol–water partition coefficient (Wildman–Crippen LogP) is 10.7. The Morgan fingerprint density at radius 2 is 1.44 bits per heavy atom. The van der Waals surface area contributed by atoms with Gasteiger partial charge in [0.05, 0.1) is 17.3 Å². The average molecular weight is 815 g/mol. The van der Waals surface area contributed by atoms with Gasteiger partial charge in [-0.3, -0.25) is 14.4 Å². The lowest BCUT2D eigenvalue weighted by atomic mass is 9.32. The highest BCUT2D eigenvalue weighted by Crippen LogP contribution is 2.79. The van der Waals surface area contributed by atoms with Gasteiger partial charge in [0.15, 0.2) is 0 Å². The molecule has 0 spiro atoms. The van der Waals surface area contributed by atoms with Crippen LogP contribution in [-0.4, -0.2) is 60.8 Å². The third-order valence-corrected chi connectivity index (χ3v) is 20.9. The van der Waals surface area contributed by atoms with E-state index in [-0.39, 0.29) is 45.6 Å². The first kappa shape index (κ1) is 41.9. The quantitative estimate of drug-likeness (QED) is 0.260. The molecule has 328 valence electrons. The van der Waals surface area contributed by atoms with Gasteiger partial charge in [0.25, 0.3) is 0 Å². The lowest BCUT2D eigenvalue weighted by molar-refractivity contribution is -0.252. The average Bonchev–Trinajstić information content (AvgIpc) is 3.45. The fourth-order valence-electron chi connectivity index (χ4n) is 17.3. The van der Waals surface area contributed by atoms with E-state index < -0.39 is 11.4 Å². The Hall–Kier alpha value is -2.45. The number of hydrogen-bond acceptors (Lipinski definition) is 6. The van der Waals surface area contributed by atoms with Gasteiger partial charge in [-0.25, -0.2) is 0 Å². The maximum absolute atomic E-state index is 15.8. The minimum atomic E-state index is -1.14. The predicted molar refractivity (Wildman–Crippen MR) is 228 cm³/mol. The Morgan fingerprint density at radius 1 is 0.763 bits per heavy atom. The molecule has 0 radical (unpaired) electrons. The van der Waals surface area contributed by atoms with Crippen LogP contribution in [0.2, 0.25) is 0 Å². The number of piperidine rings is 1. The third kappa shape index (κ3) is 5.88. The molecule has 2 bridgehead atoms. The molecule has 1 N–H and O–H groups in total. The van der Waals surface area contributed by atoms with Crippen molar-refractivity contribution in [3.05, 3.63) is 11.6 Å². The minimum Gasteiger partial charge on any atom is -0.481 e. The second kappa shape index (κ2) is 13.5. The van der Waals surface area contributed by atoms with Crippen molar-refractivity contribution in [3.63, 3.8) is 0 Å². The number of aromatic nitrogens is 3. The number of aliphatic carboxylic acids is 1. The number of ether oxygens (including phenoxy) is 1. The molecule has 6 aliphatic carbocycles. The van der Waals surface area contributed by atoms with Crippen molar-refractivity contribution >= 4 is 17.8 Å². The Bertz CT molecular complexity index is 1870. The molecule has 8 fully saturated rings. The van der Waals surface area contributed by atoms with Crippen molar-refractivity contribution < 1.29 is 24.2 Å². The minimum absolute atomic E-state index is 0.107. The van der Waals surface area contributed by atoms with Crippen LogP contribution in [0.3, 0.4) is 0 Å². The largest absolute Gasteiger partial charge is 0.481 e. The Labute approximate surface area is 355 Å². The molecule has 9 heteroatoms. The molecule has 1 aromatic heterocycles. The van der Waals surface area contributed by atoms with E-state index in [9.17, 15) is 14.7 Å². The molecule has 1 amide bonds. The van der Waals surface area contributed by atoms with E-state index in [1.165, 1.54) is 38.5 Å². The molecular weight excluding hydrogens is 737 g/mol. The Balaban J connectivity index is 0.984. The summed E-state index contributed by atoms with van der Waals surface area (Å²) in [6, 6.07) is 1.00. The van der Waals surface area contributed by atoms with Crippen molar-refractivity contribution in [3.8, 4) is 0 Å².